The quantitative estimate of drug-likeness (QED) is 0.622. The number of carbonyl (C=O) groups excluding carboxylic acids is 1. The molecular formula is C17H14F3N3O3S. The molecule has 3 rings (SSSR count). The number of imidazole rings is 1. The maximum Gasteiger partial charge on any atom is 0.573 e. The monoisotopic (exact) mass is 397 g/mol. The van der Waals surface area contributed by atoms with E-state index in [1.807, 2.05) is 17.8 Å². The number of benzene rings is 1. The Balaban J connectivity index is 1.65. The molecule has 0 aliphatic heterocycles. The Morgan fingerprint density at radius 3 is 2.78 bits per heavy atom. The Morgan fingerprint density at radius 2 is 2.07 bits per heavy atom. The minimum absolute atomic E-state index is 0.0211. The van der Waals surface area contributed by atoms with Crippen molar-refractivity contribution in [3.05, 3.63) is 60.3 Å². The summed E-state index contributed by atoms with van der Waals surface area (Å²) in [5, 5.41) is 3.15. The fourth-order valence-corrected chi connectivity index (χ4v) is 3.00. The van der Waals surface area contributed by atoms with Crippen molar-refractivity contribution in [1.29, 1.82) is 0 Å². The maximum absolute atomic E-state index is 12.5. The first-order valence-corrected chi connectivity index (χ1v) is 8.65. The van der Waals surface area contributed by atoms with Crippen molar-refractivity contribution in [3.63, 3.8) is 0 Å². The van der Waals surface area contributed by atoms with Crippen molar-refractivity contribution < 1.29 is 27.1 Å². The zero-order valence-electron chi connectivity index (χ0n) is 14.0. The number of hydrogen-bond acceptors (Lipinski definition) is 5. The Bertz CT molecular complexity index is 937. The normalized spacial score (nSPS) is 11.4. The summed E-state index contributed by atoms with van der Waals surface area (Å²) in [5.41, 5.74) is -0.111. The van der Waals surface area contributed by atoms with Gasteiger partial charge < -0.3 is 19.0 Å². The maximum atomic E-state index is 12.5. The molecule has 6 nitrogen and oxygen atoms in total. The highest BCUT2D eigenvalue weighted by Crippen LogP contribution is 2.30. The van der Waals surface area contributed by atoms with Gasteiger partial charge in [0.25, 0.3) is 5.91 Å². The summed E-state index contributed by atoms with van der Waals surface area (Å²) in [6.45, 7) is 0. The SMILES string of the molecule is Cn1ccnc1SCc1ccc(C(=O)Nc2ccccc2OC(F)(F)F)o1. The average Bonchev–Trinajstić information content (AvgIpc) is 3.22. The number of furan rings is 1. The highest BCUT2D eigenvalue weighted by Gasteiger charge is 2.32. The highest BCUT2D eigenvalue weighted by atomic mass is 32.2. The zero-order chi connectivity index (χ0) is 19.4. The van der Waals surface area contributed by atoms with Gasteiger partial charge in [0.1, 0.15) is 5.76 Å². The Kier molecular flexibility index (Phi) is 5.45. The molecule has 0 spiro atoms. The molecule has 10 heteroatoms. The van der Waals surface area contributed by atoms with Crippen LogP contribution in [0.15, 0.2) is 58.4 Å². The molecule has 2 aromatic heterocycles. The summed E-state index contributed by atoms with van der Waals surface area (Å²) >= 11 is 1.43. The standard InChI is InChI=1S/C17H14F3N3O3S/c1-23-9-8-21-16(23)27-10-11-6-7-14(25-11)15(24)22-12-4-2-3-5-13(12)26-17(18,19)20/h2-9H,10H2,1H3,(H,22,24). The second kappa shape index (κ2) is 7.78. The molecule has 0 unspecified atom stereocenters. The number of thioether (sulfide) groups is 1. The molecule has 2 heterocycles. The van der Waals surface area contributed by atoms with E-state index >= 15 is 0 Å². The molecule has 27 heavy (non-hydrogen) atoms. The van der Waals surface area contributed by atoms with Crippen molar-refractivity contribution in [2.24, 2.45) is 7.05 Å². The summed E-state index contributed by atoms with van der Waals surface area (Å²) < 4.78 is 48.6. The van der Waals surface area contributed by atoms with Crippen molar-refractivity contribution >= 4 is 23.4 Å². The van der Waals surface area contributed by atoms with Crippen LogP contribution in [0.5, 0.6) is 5.75 Å². The number of amides is 1. The molecule has 0 saturated heterocycles. The molecule has 1 aromatic carbocycles. The Morgan fingerprint density at radius 1 is 1.30 bits per heavy atom. The fraction of sp³-hybridized carbons (Fsp3) is 0.176. The lowest BCUT2D eigenvalue weighted by Gasteiger charge is -2.13. The van der Waals surface area contributed by atoms with Gasteiger partial charge in [0.15, 0.2) is 16.7 Å². The number of para-hydroxylation sites is 2. The molecule has 0 fully saturated rings. The van der Waals surface area contributed by atoms with Gasteiger partial charge in [0, 0.05) is 19.4 Å². The van der Waals surface area contributed by atoms with Crippen LogP contribution in [0, 0.1) is 0 Å². The van der Waals surface area contributed by atoms with Gasteiger partial charge in [-0.1, -0.05) is 23.9 Å². The van der Waals surface area contributed by atoms with Crippen LogP contribution in [-0.4, -0.2) is 21.8 Å². The molecule has 0 atom stereocenters. The smallest absolute Gasteiger partial charge is 0.455 e. The zero-order valence-corrected chi connectivity index (χ0v) is 14.8. The number of carbonyl (C=O) groups is 1. The van der Waals surface area contributed by atoms with E-state index in [1.165, 1.54) is 36.0 Å². The van der Waals surface area contributed by atoms with Crippen LogP contribution in [0.2, 0.25) is 0 Å². The predicted octanol–water partition coefficient (Wildman–Crippen LogP) is 4.46. The molecule has 0 saturated carbocycles. The van der Waals surface area contributed by atoms with Crippen LogP contribution < -0.4 is 10.1 Å². The van der Waals surface area contributed by atoms with Crippen LogP contribution in [0.25, 0.3) is 0 Å². The highest BCUT2D eigenvalue weighted by molar-refractivity contribution is 7.98. The van der Waals surface area contributed by atoms with Crippen LogP contribution in [0.1, 0.15) is 16.3 Å². The van der Waals surface area contributed by atoms with Crippen LogP contribution in [0.4, 0.5) is 18.9 Å². The summed E-state index contributed by atoms with van der Waals surface area (Å²) in [6.07, 6.45) is -1.38. The number of hydrogen-bond donors (Lipinski definition) is 1. The van der Waals surface area contributed by atoms with Gasteiger partial charge in [-0.25, -0.2) is 4.98 Å². The number of ether oxygens (including phenoxy) is 1. The van der Waals surface area contributed by atoms with Crippen molar-refractivity contribution in [1.82, 2.24) is 9.55 Å². The van der Waals surface area contributed by atoms with Crippen LogP contribution in [-0.2, 0) is 12.8 Å². The van der Waals surface area contributed by atoms with E-state index in [2.05, 4.69) is 15.0 Å². The number of aryl methyl sites for hydroxylation is 1. The van der Waals surface area contributed by atoms with Crippen LogP contribution in [0.3, 0.4) is 0 Å². The third-order valence-corrected chi connectivity index (χ3v) is 4.45. The van der Waals surface area contributed by atoms with E-state index in [0.717, 1.165) is 11.2 Å². The average molecular weight is 397 g/mol. The largest absolute Gasteiger partial charge is 0.573 e. The lowest BCUT2D eigenvalue weighted by Crippen LogP contribution is -2.19. The minimum Gasteiger partial charge on any atom is -0.455 e. The van der Waals surface area contributed by atoms with E-state index in [-0.39, 0.29) is 11.4 Å². The first kappa shape index (κ1) is 18.9. The fourth-order valence-electron chi connectivity index (χ4n) is 2.17. The molecular weight excluding hydrogens is 383 g/mol. The Labute approximate surface area is 156 Å². The molecule has 142 valence electrons. The first-order valence-electron chi connectivity index (χ1n) is 7.67. The molecule has 1 amide bonds. The molecule has 0 aliphatic carbocycles. The minimum atomic E-state index is -4.86. The third-order valence-electron chi connectivity index (χ3n) is 3.37. The number of nitrogens with zero attached hydrogens (tertiary/aromatic N) is 2. The van der Waals surface area contributed by atoms with E-state index in [4.69, 9.17) is 4.42 Å². The van der Waals surface area contributed by atoms with Gasteiger partial charge in [-0.2, -0.15) is 0 Å². The van der Waals surface area contributed by atoms with E-state index in [1.54, 1.807) is 12.3 Å². The van der Waals surface area contributed by atoms with Crippen molar-refractivity contribution in [3.8, 4) is 5.75 Å². The van der Waals surface area contributed by atoms with Crippen molar-refractivity contribution in [2.45, 2.75) is 17.3 Å². The van der Waals surface area contributed by atoms with Gasteiger partial charge in [-0.3, -0.25) is 4.79 Å². The second-order valence-corrected chi connectivity index (χ2v) is 6.32. The summed E-state index contributed by atoms with van der Waals surface area (Å²) in [4.78, 5) is 16.4. The second-order valence-electron chi connectivity index (χ2n) is 5.37. The molecule has 0 bridgehead atoms. The van der Waals surface area contributed by atoms with E-state index in [0.29, 0.717) is 11.5 Å². The molecule has 3 aromatic rings. The third kappa shape index (κ3) is 5.07. The lowest BCUT2D eigenvalue weighted by molar-refractivity contribution is -0.274. The molecule has 1 N–H and O–H groups in total. The predicted molar refractivity (Wildman–Crippen MR) is 92.6 cm³/mol. The van der Waals surface area contributed by atoms with Gasteiger partial charge in [0.05, 0.1) is 11.4 Å². The number of nitrogens with one attached hydrogen (secondary N) is 1. The van der Waals surface area contributed by atoms with E-state index < -0.39 is 18.0 Å². The van der Waals surface area contributed by atoms with Gasteiger partial charge in [-0.05, 0) is 24.3 Å². The number of aromatic nitrogens is 2. The Hall–Kier alpha value is -2.88. The number of halogens is 3. The summed E-state index contributed by atoms with van der Waals surface area (Å²) in [5.74, 6) is -0.219. The van der Waals surface area contributed by atoms with Gasteiger partial charge >= 0.3 is 6.36 Å². The van der Waals surface area contributed by atoms with E-state index in [9.17, 15) is 18.0 Å². The number of rotatable bonds is 6. The summed E-state index contributed by atoms with van der Waals surface area (Å²) in [7, 11) is 1.86. The lowest BCUT2D eigenvalue weighted by atomic mass is 10.3. The number of alkyl halides is 3. The van der Waals surface area contributed by atoms with Crippen LogP contribution >= 0.6 is 11.8 Å². The van der Waals surface area contributed by atoms with Gasteiger partial charge in [-0.15, -0.1) is 13.2 Å². The molecule has 0 aliphatic rings. The first-order chi connectivity index (χ1) is 12.8. The topological polar surface area (TPSA) is 69.3 Å². The molecule has 0 radical (unpaired) electrons. The summed E-state index contributed by atoms with van der Waals surface area (Å²) in [6, 6.07) is 8.35. The van der Waals surface area contributed by atoms with Gasteiger partial charge in [0.2, 0.25) is 0 Å². The van der Waals surface area contributed by atoms with Crippen molar-refractivity contribution in [2.75, 3.05) is 5.32 Å². The number of anilines is 1.